The molecular formula is C25H32N4O3. The van der Waals surface area contributed by atoms with Gasteiger partial charge < -0.3 is 15.8 Å². The second kappa shape index (κ2) is 8.17. The van der Waals surface area contributed by atoms with Crippen LogP contribution in [-0.2, 0) is 14.3 Å². The van der Waals surface area contributed by atoms with Crippen LogP contribution in [0.5, 0.6) is 0 Å². The first kappa shape index (κ1) is 21.4. The molecule has 7 heteroatoms. The molecule has 4 bridgehead atoms. The molecule has 3 N–H and O–H groups in total. The zero-order valence-electron chi connectivity index (χ0n) is 18.6. The molecule has 0 aromatic heterocycles. The molecular weight excluding hydrogens is 404 g/mol. The molecule has 0 radical (unpaired) electrons. The van der Waals surface area contributed by atoms with E-state index in [2.05, 4.69) is 23.2 Å². The van der Waals surface area contributed by atoms with Crippen LogP contribution in [0.25, 0.3) is 0 Å². The lowest BCUT2D eigenvalue weighted by Gasteiger charge is -2.59. The summed E-state index contributed by atoms with van der Waals surface area (Å²) in [6.45, 7) is 3.96. The lowest BCUT2D eigenvalue weighted by Crippen LogP contribution is -2.63. The molecule has 7 nitrogen and oxygen atoms in total. The average molecular weight is 437 g/mol. The van der Waals surface area contributed by atoms with Gasteiger partial charge in [0.25, 0.3) is 5.91 Å². The van der Waals surface area contributed by atoms with Crippen molar-refractivity contribution in [2.75, 3.05) is 19.7 Å². The molecule has 170 valence electrons. The number of rotatable bonds is 5. The number of carbonyl (C=O) groups is 2. The van der Waals surface area contributed by atoms with Gasteiger partial charge in [0.05, 0.1) is 18.2 Å². The molecule has 1 aliphatic heterocycles. The second-order valence-electron chi connectivity index (χ2n) is 10.4. The number of nitriles is 1. The van der Waals surface area contributed by atoms with Crippen LogP contribution in [0.4, 0.5) is 0 Å². The Balaban J connectivity index is 1.22. The van der Waals surface area contributed by atoms with Crippen molar-refractivity contribution in [3.63, 3.8) is 0 Å². The van der Waals surface area contributed by atoms with Crippen LogP contribution in [0, 0.1) is 34.5 Å². The number of nitrogens with zero attached hydrogens (tertiary/aromatic N) is 2. The maximum absolute atomic E-state index is 13.2. The number of primary amides is 1. The van der Waals surface area contributed by atoms with Gasteiger partial charge in [0, 0.05) is 30.6 Å². The van der Waals surface area contributed by atoms with Gasteiger partial charge in [0.2, 0.25) is 5.91 Å². The first-order valence-corrected chi connectivity index (χ1v) is 11.8. The zero-order valence-corrected chi connectivity index (χ0v) is 18.6. The van der Waals surface area contributed by atoms with E-state index in [1.54, 1.807) is 0 Å². The van der Waals surface area contributed by atoms with E-state index in [1.165, 1.54) is 0 Å². The van der Waals surface area contributed by atoms with Gasteiger partial charge in [-0.15, -0.1) is 0 Å². The summed E-state index contributed by atoms with van der Waals surface area (Å²) in [5, 5.41) is 12.3. The highest BCUT2D eigenvalue weighted by molar-refractivity contribution is 5.83. The number of hydrogen-bond donors (Lipinski definition) is 2. The summed E-state index contributed by atoms with van der Waals surface area (Å²) in [6.07, 6.45) is 4.24. The fraction of sp³-hybridized carbons (Fsp3) is 0.640. The molecule has 5 aliphatic rings. The minimum absolute atomic E-state index is 0.0349. The van der Waals surface area contributed by atoms with Crippen molar-refractivity contribution in [3.05, 3.63) is 35.4 Å². The predicted molar refractivity (Wildman–Crippen MR) is 118 cm³/mol. The molecule has 5 fully saturated rings. The quantitative estimate of drug-likeness (QED) is 0.735. The highest BCUT2D eigenvalue weighted by Gasteiger charge is 2.58. The van der Waals surface area contributed by atoms with E-state index in [-0.39, 0.29) is 29.3 Å². The number of ether oxygens (including phenoxy) is 1. The summed E-state index contributed by atoms with van der Waals surface area (Å²) in [6, 6.07) is 10.1. The summed E-state index contributed by atoms with van der Waals surface area (Å²) in [4.78, 5) is 27.6. The molecule has 2 amide bonds. The lowest BCUT2D eigenvalue weighted by atomic mass is 9.47. The van der Waals surface area contributed by atoms with Crippen LogP contribution in [0.1, 0.15) is 56.2 Å². The molecule has 0 spiro atoms. The van der Waals surface area contributed by atoms with Gasteiger partial charge in [0.1, 0.15) is 6.10 Å². The van der Waals surface area contributed by atoms with E-state index in [9.17, 15) is 9.59 Å². The Bertz CT molecular complexity index is 924. The highest BCUT2D eigenvalue weighted by Crippen LogP contribution is 2.59. The van der Waals surface area contributed by atoms with Gasteiger partial charge in [-0.1, -0.05) is 12.1 Å². The van der Waals surface area contributed by atoms with Crippen molar-refractivity contribution < 1.29 is 14.3 Å². The normalized spacial score (nSPS) is 36.9. The van der Waals surface area contributed by atoms with Crippen LogP contribution in [-0.4, -0.2) is 48.6 Å². The number of amides is 2. The van der Waals surface area contributed by atoms with Gasteiger partial charge in [0.15, 0.2) is 0 Å². The maximum atomic E-state index is 13.2. The van der Waals surface area contributed by atoms with Crippen molar-refractivity contribution in [2.24, 2.45) is 28.9 Å². The Morgan fingerprint density at radius 3 is 2.53 bits per heavy atom. The van der Waals surface area contributed by atoms with Crippen molar-refractivity contribution in [1.82, 2.24) is 10.2 Å². The van der Waals surface area contributed by atoms with Crippen LogP contribution in [0.2, 0.25) is 0 Å². The Morgan fingerprint density at radius 1 is 1.22 bits per heavy atom. The molecule has 1 heterocycles. The number of benzene rings is 1. The predicted octanol–water partition coefficient (Wildman–Crippen LogP) is 2.12. The Hall–Kier alpha value is -2.43. The fourth-order valence-corrected chi connectivity index (χ4v) is 7.05. The van der Waals surface area contributed by atoms with Gasteiger partial charge >= 0.3 is 0 Å². The number of morpholine rings is 1. The molecule has 4 atom stereocenters. The summed E-state index contributed by atoms with van der Waals surface area (Å²) in [5.74, 6) is 1.07. The van der Waals surface area contributed by atoms with Gasteiger partial charge in [-0.3, -0.25) is 14.5 Å². The molecule has 4 unspecified atom stereocenters. The van der Waals surface area contributed by atoms with E-state index >= 15 is 0 Å². The van der Waals surface area contributed by atoms with E-state index in [0.29, 0.717) is 36.5 Å². The van der Waals surface area contributed by atoms with Crippen LogP contribution < -0.4 is 11.1 Å². The molecule has 1 saturated heterocycles. The van der Waals surface area contributed by atoms with E-state index in [4.69, 9.17) is 15.7 Å². The monoisotopic (exact) mass is 436 g/mol. The topological polar surface area (TPSA) is 108 Å². The van der Waals surface area contributed by atoms with Crippen molar-refractivity contribution >= 4 is 11.8 Å². The van der Waals surface area contributed by atoms with Crippen molar-refractivity contribution in [3.8, 4) is 6.07 Å². The Morgan fingerprint density at radius 2 is 1.91 bits per heavy atom. The number of nitrogens with two attached hydrogens (primary N) is 1. The minimum atomic E-state index is -0.494. The smallest absolute Gasteiger partial charge is 0.250 e. The molecule has 1 aromatic carbocycles. The van der Waals surface area contributed by atoms with Crippen LogP contribution >= 0.6 is 0 Å². The molecule has 4 saturated carbocycles. The van der Waals surface area contributed by atoms with Crippen molar-refractivity contribution in [1.29, 1.82) is 5.26 Å². The second-order valence-corrected chi connectivity index (χ2v) is 10.4. The molecule has 4 aliphatic carbocycles. The highest BCUT2D eigenvalue weighted by atomic mass is 16.5. The first-order chi connectivity index (χ1) is 15.4. The maximum Gasteiger partial charge on any atom is 0.250 e. The summed E-state index contributed by atoms with van der Waals surface area (Å²) in [7, 11) is 0. The number of nitrogens with one attached hydrogen (secondary N) is 1. The third-order valence-electron chi connectivity index (χ3n) is 8.56. The third kappa shape index (κ3) is 3.70. The molecule has 6 rings (SSSR count). The van der Waals surface area contributed by atoms with Crippen molar-refractivity contribution in [2.45, 2.75) is 57.2 Å². The fourth-order valence-electron chi connectivity index (χ4n) is 7.05. The summed E-state index contributed by atoms with van der Waals surface area (Å²) in [5.41, 5.74) is 7.23. The Labute approximate surface area is 189 Å². The number of carbonyl (C=O) groups excluding carboxylic acids is 2. The zero-order chi connectivity index (χ0) is 22.5. The average Bonchev–Trinajstić information content (AvgIpc) is 2.80. The number of hydrogen-bond acceptors (Lipinski definition) is 5. The SMILES string of the molecule is CC(c1ccc(C#N)cc1)N1CCOC(C(=O)NC2C3CC4CC2CC(C(N)=O)(C4)C3)C1. The summed E-state index contributed by atoms with van der Waals surface area (Å²) >= 11 is 0. The summed E-state index contributed by atoms with van der Waals surface area (Å²) < 4.78 is 5.87. The standard InChI is InChI=1S/C25H32N4O3/c1-15(18-4-2-16(13-26)3-5-18)29-6-7-32-21(14-29)23(30)28-22-19-8-17-9-20(22)12-25(10-17,11-19)24(27)31/h2-5,15,17,19-22H,6-12,14H2,1H3,(H2,27,31)(H,28,30). The van der Waals surface area contributed by atoms with E-state index in [1.807, 2.05) is 24.3 Å². The Kier molecular flexibility index (Phi) is 5.47. The van der Waals surface area contributed by atoms with E-state index < -0.39 is 6.10 Å². The molecule has 1 aromatic rings. The lowest BCUT2D eigenvalue weighted by molar-refractivity contribution is -0.151. The van der Waals surface area contributed by atoms with Gasteiger partial charge in [-0.2, -0.15) is 5.26 Å². The third-order valence-corrected chi connectivity index (χ3v) is 8.56. The van der Waals surface area contributed by atoms with E-state index in [0.717, 1.165) is 44.2 Å². The van der Waals surface area contributed by atoms with Gasteiger partial charge in [-0.05, 0) is 74.5 Å². The largest absolute Gasteiger partial charge is 0.369 e. The molecule has 32 heavy (non-hydrogen) atoms. The minimum Gasteiger partial charge on any atom is -0.369 e. The van der Waals surface area contributed by atoms with Crippen LogP contribution in [0.3, 0.4) is 0 Å². The van der Waals surface area contributed by atoms with Gasteiger partial charge in [-0.25, -0.2) is 0 Å². The van der Waals surface area contributed by atoms with Crippen LogP contribution in [0.15, 0.2) is 24.3 Å². The first-order valence-electron chi connectivity index (χ1n) is 11.8.